The zero-order chi connectivity index (χ0) is 22.7. The van der Waals surface area contributed by atoms with Crippen LogP contribution in [0.3, 0.4) is 0 Å². The van der Waals surface area contributed by atoms with E-state index in [2.05, 4.69) is 23.2 Å². The van der Waals surface area contributed by atoms with Gasteiger partial charge in [0.2, 0.25) is 15.9 Å². The summed E-state index contributed by atoms with van der Waals surface area (Å²) in [4.78, 5) is 16.5. The van der Waals surface area contributed by atoms with Gasteiger partial charge in [-0.05, 0) is 55.7 Å². The van der Waals surface area contributed by atoms with Crippen LogP contribution >= 0.6 is 0 Å². The lowest BCUT2D eigenvalue weighted by Gasteiger charge is -2.33. The average Bonchev–Trinajstić information content (AvgIpc) is 3.29. The number of amides is 1. The van der Waals surface area contributed by atoms with E-state index in [0.29, 0.717) is 13.1 Å². The van der Waals surface area contributed by atoms with Gasteiger partial charge in [0, 0.05) is 50.6 Å². The second kappa shape index (κ2) is 9.56. The molecule has 0 saturated carbocycles. The van der Waals surface area contributed by atoms with Crippen LogP contribution in [0.5, 0.6) is 0 Å². The minimum Gasteiger partial charge on any atom is -0.371 e. The van der Waals surface area contributed by atoms with E-state index in [4.69, 9.17) is 0 Å². The van der Waals surface area contributed by atoms with Gasteiger partial charge in [-0.2, -0.15) is 4.31 Å². The molecular weight excluding hydrogens is 431 g/mol. The number of piperazine rings is 1. The summed E-state index contributed by atoms with van der Waals surface area (Å²) in [7, 11) is -3.88. The summed E-state index contributed by atoms with van der Waals surface area (Å²) in [6.45, 7) is 5.64. The van der Waals surface area contributed by atoms with E-state index in [1.54, 1.807) is 0 Å². The molecule has 0 bridgehead atoms. The largest absolute Gasteiger partial charge is 0.371 e. The van der Waals surface area contributed by atoms with E-state index < -0.39 is 15.8 Å². The van der Waals surface area contributed by atoms with Crippen LogP contribution < -0.4 is 10.2 Å². The van der Waals surface area contributed by atoms with E-state index >= 15 is 0 Å². The Morgan fingerprint density at radius 3 is 2.34 bits per heavy atom. The highest BCUT2D eigenvalue weighted by atomic mass is 32.2. The highest BCUT2D eigenvalue weighted by Crippen LogP contribution is 2.27. The van der Waals surface area contributed by atoms with Crippen molar-refractivity contribution in [3.05, 3.63) is 53.8 Å². The lowest BCUT2D eigenvalue weighted by Crippen LogP contribution is -2.50. The molecule has 32 heavy (non-hydrogen) atoms. The molecule has 0 spiro atoms. The van der Waals surface area contributed by atoms with Gasteiger partial charge < -0.3 is 10.2 Å². The first-order chi connectivity index (χ1) is 15.3. The third-order valence-electron chi connectivity index (χ3n) is 6.08. The molecule has 0 unspecified atom stereocenters. The van der Waals surface area contributed by atoms with Crippen LogP contribution in [0, 0.1) is 12.7 Å². The monoisotopic (exact) mass is 460 g/mol. The summed E-state index contributed by atoms with van der Waals surface area (Å²) in [6.07, 6.45) is 2.43. The number of nitrogens with one attached hydrogen (secondary N) is 1. The molecule has 172 valence electrons. The molecule has 0 aromatic heterocycles. The Morgan fingerprint density at radius 1 is 1.00 bits per heavy atom. The summed E-state index contributed by atoms with van der Waals surface area (Å²) in [5.74, 6) is -0.885. The third-order valence-corrected chi connectivity index (χ3v) is 8.01. The molecular formula is C23H29FN4O3S. The zero-order valence-electron chi connectivity index (χ0n) is 18.3. The van der Waals surface area contributed by atoms with Gasteiger partial charge in [-0.15, -0.1) is 0 Å². The molecule has 0 aliphatic carbocycles. The summed E-state index contributed by atoms with van der Waals surface area (Å²) >= 11 is 0. The van der Waals surface area contributed by atoms with Crippen molar-refractivity contribution in [1.29, 1.82) is 0 Å². The maximum atomic E-state index is 14.0. The van der Waals surface area contributed by atoms with Gasteiger partial charge in [0.25, 0.3) is 0 Å². The molecule has 9 heteroatoms. The predicted molar refractivity (Wildman–Crippen MR) is 123 cm³/mol. The van der Waals surface area contributed by atoms with Gasteiger partial charge in [0.15, 0.2) is 0 Å². The summed E-state index contributed by atoms with van der Waals surface area (Å²) in [6, 6.07) is 11.4. The van der Waals surface area contributed by atoms with Crippen molar-refractivity contribution < 1.29 is 17.6 Å². The molecule has 2 aliphatic rings. The fourth-order valence-electron chi connectivity index (χ4n) is 4.37. The topological polar surface area (TPSA) is 73.0 Å². The number of aryl methyl sites for hydroxylation is 1. The van der Waals surface area contributed by atoms with Crippen molar-refractivity contribution in [2.75, 3.05) is 56.0 Å². The van der Waals surface area contributed by atoms with Crippen molar-refractivity contribution in [3.8, 4) is 0 Å². The molecule has 7 nitrogen and oxygen atoms in total. The number of hydrogen-bond donors (Lipinski definition) is 1. The Hall–Kier alpha value is -2.49. The first-order valence-electron chi connectivity index (χ1n) is 11.0. The minimum absolute atomic E-state index is 0.135. The quantitative estimate of drug-likeness (QED) is 0.718. The van der Waals surface area contributed by atoms with Crippen molar-refractivity contribution in [2.24, 2.45) is 0 Å². The lowest BCUT2D eigenvalue weighted by atomic mass is 10.1. The Kier molecular flexibility index (Phi) is 6.78. The van der Waals surface area contributed by atoms with Gasteiger partial charge in [-0.3, -0.25) is 9.69 Å². The maximum Gasteiger partial charge on any atom is 0.246 e. The minimum atomic E-state index is -3.88. The van der Waals surface area contributed by atoms with E-state index in [0.717, 1.165) is 30.4 Å². The van der Waals surface area contributed by atoms with Gasteiger partial charge >= 0.3 is 0 Å². The number of sulfonamides is 1. The second-order valence-corrected chi connectivity index (χ2v) is 10.3. The van der Waals surface area contributed by atoms with Crippen LogP contribution in [-0.2, 0) is 14.8 Å². The van der Waals surface area contributed by atoms with Crippen LogP contribution in [0.25, 0.3) is 0 Å². The van der Waals surface area contributed by atoms with Crippen LogP contribution in [-0.4, -0.2) is 69.3 Å². The molecule has 2 heterocycles. The number of carbonyl (C=O) groups is 1. The van der Waals surface area contributed by atoms with E-state index in [9.17, 15) is 17.6 Å². The summed E-state index contributed by atoms with van der Waals surface area (Å²) < 4.78 is 40.7. The SMILES string of the molecule is Cc1cc(NC(=O)CN2CCN(S(=O)(=O)c3ccccc3F)CC2)ccc1N1CCCC1. The fourth-order valence-corrected chi connectivity index (χ4v) is 5.86. The molecule has 2 fully saturated rings. The van der Waals surface area contributed by atoms with Crippen molar-refractivity contribution >= 4 is 27.3 Å². The number of benzene rings is 2. The molecule has 1 amide bonds. The van der Waals surface area contributed by atoms with Gasteiger partial charge in [0.05, 0.1) is 6.54 Å². The average molecular weight is 461 g/mol. The van der Waals surface area contributed by atoms with E-state index in [1.165, 1.54) is 41.0 Å². The van der Waals surface area contributed by atoms with Crippen LogP contribution in [0.15, 0.2) is 47.4 Å². The van der Waals surface area contributed by atoms with Crippen molar-refractivity contribution in [3.63, 3.8) is 0 Å². The molecule has 2 aromatic carbocycles. The van der Waals surface area contributed by atoms with Gasteiger partial charge in [0.1, 0.15) is 10.7 Å². The maximum absolute atomic E-state index is 14.0. The highest BCUT2D eigenvalue weighted by molar-refractivity contribution is 7.89. The van der Waals surface area contributed by atoms with Crippen LogP contribution in [0.4, 0.5) is 15.8 Å². The molecule has 2 aliphatic heterocycles. The van der Waals surface area contributed by atoms with Gasteiger partial charge in [-0.1, -0.05) is 12.1 Å². The zero-order valence-corrected chi connectivity index (χ0v) is 19.1. The Labute approximate surface area is 188 Å². The molecule has 1 N–H and O–H groups in total. The number of hydrogen-bond acceptors (Lipinski definition) is 5. The molecule has 4 rings (SSSR count). The molecule has 0 radical (unpaired) electrons. The van der Waals surface area contributed by atoms with Crippen molar-refractivity contribution in [1.82, 2.24) is 9.21 Å². The number of carbonyl (C=O) groups excluding carboxylic acids is 1. The van der Waals surface area contributed by atoms with Gasteiger partial charge in [-0.25, -0.2) is 12.8 Å². The van der Waals surface area contributed by atoms with E-state index in [-0.39, 0.29) is 30.4 Å². The smallest absolute Gasteiger partial charge is 0.246 e. The Morgan fingerprint density at radius 2 is 1.69 bits per heavy atom. The number of nitrogens with zero attached hydrogens (tertiary/aromatic N) is 3. The highest BCUT2D eigenvalue weighted by Gasteiger charge is 2.30. The Bertz CT molecular complexity index is 1080. The Balaban J connectivity index is 1.30. The third kappa shape index (κ3) is 4.95. The first-order valence-corrected chi connectivity index (χ1v) is 12.4. The van der Waals surface area contributed by atoms with E-state index in [1.807, 2.05) is 17.0 Å². The second-order valence-electron chi connectivity index (χ2n) is 8.35. The first kappa shape index (κ1) is 22.7. The summed E-state index contributed by atoms with van der Waals surface area (Å²) in [5.41, 5.74) is 3.11. The normalized spacial score (nSPS) is 18.1. The number of anilines is 2. The predicted octanol–water partition coefficient (Wildman–Crippen LogP) is 2.68. The summed E-state index contributed by atoms with van der Waals surface area (Å²) in [5, 5.41) is 2.94. The lowest BCUT2D eigenvalue weighted by molar-refractivity contribution is -0.117. The van der Waals surface area contributed by atoms with Crippen LogP contribution in [0.1, 0.15) is 18.4 Å². The fraction of sp³-hybridized carbons (Fsp3) is 0.435. The molecule has 2 aromatic rings. The molecule has 2 saturated heterocycles. The van der Waals surface area contributed by atoms with Crippen molar-refractivity contribution in [2.45, 2.75) is 24.7 Å². The molecule has 0 atom stereocenters. The number of rotatable bonds is 6. The standard InChI is InChI=1S/C23H29FN4O3S/c1-18-16-19(8-9-21(18)27-10-4-5-11-27)25-23(29)17-26-12-14-28(15-13-26)32(30,31)22-7-3-2-6-20(22)24/h2-3,6-9,16H,4-5,10-15,17H2,1H3,(H,25,29). The van der Waals surface area contributed by atoms with Crippen LogP contribution in [0.2, 0.25) is 0 Å². The number of halogens is 1.